The molecule has 0 spiro atoms. The first kappa shape index (κ1) is 21.5. The number of anilines is 1. The van der Waals surface area contributed by atoms with Gasteiger partial charge in [-0.3, -0.25) is 9.59 Å². The van der Waals surface area contributed by atoms with Gasteiger partial charge in [0.2, 0.25) is 0 Å². The molecule has 1 N–H and O–H groups in total. The lowest BCUT2D eigenvalue weighted by molar-refractivity contribution is 0.100. The maximum Gasteiger partial charge on any atom is 0.159 e. The van der Waals surface area contributed by atoms with Crippen LogP contribution in [-0.4, -0.2) is 39.8 Å². The first-order valence-corrected chi connectivity index (χ1v) is 7.76. The third kappa shape index (κ3) is 8.86. The predicted octanol–water partition coefficient (Wildman–Crippen LogP) is 3.68. The monoisotopic (exact) mass is 328 g/mol. The summed E-state index contributed by atoms with van der Waals surface area (Å²) < 4.78 is 0. The van der Waals surface area contributed by atoms with Crippen molar-refractivity contribution in [3.63, 3.8) is 0 Å². The van der Waals surface area contributed by atoms with E-state index >= 15 is 0 Å². The lowest BCUT2D eigenvalue weighted by Crippen LogP contribution is -2.08. The third-order valence-electron chi connectivity index (χ3n) is 2.97. The first-order chi connectivity index (χ1) is 11.3. The first-order valence-electron chi connectivity index (χ1n) is 7.76. The Hall–Kier alpha value is -2.46. The summed E-state index contributed by atoms with van der Waals surface area (Å²) in [6.07, 6.45) is 0. The van der Waals surface area contributed by atoms with Gasteiger partial charge in [0, 0.05) is 30.9 Å². The number of rotatable bonds is 3. The van der Waals surface area contributed by atoms with Gasteiger partial charge in [-0.15, -0.1) is 0 Å². The standard InChI is InChI=1S/C10H13NO.C8H8O.C2H7N/c1-8(12)9-4-6-10(7-5-9)11(2)3;1-7(9)8-5-3-2-4-6-8;1-3-2/h4-7H,1-3H3;2-6H,1H3;3H,1-2H3. The molecule has 24 heavy (non-hydrogen) atoms. The largest absolute Gasteiger partial charge is 0.378 e. The van der Waals surface area contributed by atoms with Crippen LogP contribution in [0.4, 0.5) is 5.69 Å². The Morgan fingerprint density at radius 1 is 0.750 bits per heavy atom. The third-order valence-corrected chi connectivity index (χ3v) is 2.97. The fourth-order valence-electron chi connectivity index (χ4n) is 1.67. The Kier molecular flexibility index (Phi) is 10.8. The highest BCUT2D eigenvalue weighted by Crippen LogP contribution is 2.12. The van der Waals surface area contributed by atoms with Crippen LogP contribution < -0.4 is 10.2 Å². The average Bonchev–Trinajstić information content (AvgIpc) is 2.57. The van der Waals surface area contributed by atoms with Gasteiger partial charge in [-0.2, -0.15) is 0 Å². The van der Waals surface area contributed by atoms with Crippen LogP contribution in [0.2, 0.25) is 0 Å². The molecule has 0 aliphatic rings. The van der Waals surface area contributed by atoms with Crippen molar-refractivity contribution >= 4 is 17.3 Å². The molecule has 0 saturated heterocycles. The lowest BCUT2D eigenvalue weighted by atomic mass is 10.1. The second kappa shape index (κ2) is 12.0. The van der Waals surface area contributed by atoms with E-state index in [9.17, 15) is 9.59 Å². The van der Waals surface area contributed by atoms with Crippen molar-refractivity contribution < 1.29 is 9.59 Å². The van der Waals surface area contributed by atoms with Gasteiger partial charge >= 0.3 is 0 Å². The Bertz CT molecular complexity index is 605. The molecule has 4 nitrogen and oxygen atoms in total. The minimum absolute atomic E-state index is 0.111. The number of nitrogens with one attached hydrogen (secondary N) is 1. The number of Topliss-reactive ketones (excluding diaryl/α,β-unsaturated/α-hetero) is 2. The molecule has 0 aliphatic heterocycles. The molecule has 0 aliphatic carbocycles. The number of hydrogen-bond donors (Lipinski definition) is 1. The highest BCUT2D eigenvalue weighted by atomic mass is 16.1. The zero-order valence-electron chi connectivity index (χ0n) is 15.5. The molecule has 0 fully saturated rings. The maximum absolute atomic E-state index is 10.9. The minimum atomic E-state index is 0.111. The summed E-state index contributed by atoms with van der Waals surface area (Å²) in [5, 5.41) is 2.75. The van der Waals surface area contributed by atoms with E-state index in [1.165, 1.54) is 0 Å². The molecule has 0 unspecified atom stereocenters. The summed E-state index contributed by atoms with van der Waals surface area (Å²) in [6, 6.07) is 16.8. The Morgan fingerprint density at radius 3 is 1.42 bits per heavy atom. The summed E-state index contributed by atoms with van der Waals surface area (Å²) in [5.74, 6) is 0.232. The van der Waals surface area contributed by atoms with Crippen molar-refractivity contribution in [2.75, 3.05) is 33.1 Å². The van der Waals surface area contributed by atoms with Crippen molar-refractivity contribution in [2.24, 2.45) is 0 Å². The summed E-state index contributed by atoms with van der Waals surface area (Å²) >= 11 is 0. The van der Waals surface area contributed by atoms with Crippen molar-refractivity contribution in [3.05, 3.63) is 65.7 Å². The smallest absolute Gasteiger partial charge is 0.159 e. The quantitative estimate of drug-likeness (QED) is 0.873. The second-order valence-electron chi connectivity index (χ2n) is 5.42. The van der Waals surface area contributed by atoms with Gasteiger partial charge in [0.25, 0.3) is 0 Å². The van der Waals surface area contributed by atoms with Crippen molar-refractivity contribution in [1.82, 2.24) is 5.32 Å². The molecule has 0 radical (unpaired) electrons. The van der Waals surface area contributed by atoms with Crippen LogP contribution in [0, 0.1) is 0 Å². The second-order valence-corrected chi connectivity index (χ2v) is 5.42. The molecule has 0 saturated carbocycles. The van der Waals surface area contributed by atoms with Crippen LogP contribution >= 0.6 is 0 Å². The Balaban J connectivity index is 0.000000390. The molecule has 0 aromatic heterocycles. The van der Waals surface area contributed by atoms with E-state index in [-0.39, 0.29) is 11.6 Å². The number of hydrogen-bond acceptors (Lipinski definition) is 4. The molecule has 130 valence electrons. The maximum atomic E-state index is 10.9. The fourth-order valence-corrected chi connectivity index (χ4v) is 1.67. The van der Waals surface area contributed by atoms with E-state index in [0.717, 1.165) is 16.8 Å². The van der Waals surface area contributed by atoms with Gasteiger partial charge in [0.1, 0.15) is 0 Å². The molecular formula is C20H28N2O2. The summed E-state index contributed by atoms with van der Waals surface area (Å²) in [7, 11) is 7.70. The van der Waals surface area contributed by atoms with Crippen LogP contribution in [-0.2, 0) is 0 Å². The number of carbonyl (C=O) groups excluding carboxylic acids is 2. The number of ketones is 2. The molecular weight excluding hydrogens is 300 g/mol. The topological polar surface area (TPSA) is 49.4 Å². The Morgan fingerprint density at radius 2 is 1.12 bits per heavy atom. The van der Waals surface area contributed by atoms with Gasteiger partial charge < -0.3 is 10.2 Å². The highest BCUT2D eigenvalue weighted by molar-refractivity contribution is 5.94. The van der Waals surface area contributed by atoms with E-state index in [1.54, 1.807) is 13.8 Å². The van der Waals surface area contributed by atoms with Crippen LogP contribution in [0.5, 0.6) is 0 Å². The summed E-state index contributed by atoms with van der Waals surface area (Å²) in [6.45, 7) is 3.14. The van der Waals surface area contributed by atoms with Gasteiger partial charge in [-0.05, 0) is 52.2 Å². The van der Waals surface area contributed by atoms with Crippen molar-refractivity contribution in [2.45, 2.75) is 13.8 Å². The van der Waals surface area contributed by atoms with Crippen LogP contribution in [0.1, 0.15) is 34.6 Å². The van der Waals surface area contributed by atoms with Gasteiger partial charge in [-0.25, -0.2) is 0 Å². The molecule has 2 rings (SSSR count). The van der Waals surface area contributed by atoms with E-state index in [4.69, 9.17) is 0 Å². The zero-order valence-corrected chi connectivity index (χ0v) is 15.5. The lowest BCUT2D eigenvalue weighted by Gasteiger charge is -2.11. The molecule has 0 atom stereocenters. The van der Waals surface area contributed by atoms with Gasteiger partial charge in [-0.1, -0.05) is 30.3 Å². The SMILES string of the molecule is CC(=O)c1ccc(N(C)C)cc1.CC(=O)c1ccccc1.CNC. The van der Waals surface area contributed by atoms with Gasteiger partial charge in [0.15, 0.2) is 11.6 Å². The fraction of sp³-hybridized carbons (Fsp3) is 0.300. The molecule has 2 aromatic rings. The molecule has 4 heteroatoms. The average molecular weight is 328 g/mol. The van der Waals surface area contributed by atoms with E-state index in [2.05, 4.69) is 5.32 Å². The number of benzene rings is 2. The summed E-state index contributed by atoms with van der Waals surface area (Å²) in [5.41, 5.74) is 2.65. The summed E-state index contributed by atoms with van der Waals surface area (Å²) in [4.78, 5) is 23.6. The van der Waals surface area contributed by atoms with E-state index < -0.39 is 0 Å². The molecule has 0 amide bonds. The normalized spacial score (nSPS) is 8.92. The van der Waals surface area contributed by atoms with Crippen molar-refractivity contribution in [1.29, 1.82) is 0 Å². The molecule has 0 bridgehead atoms. The van der Waals surface area contributed by atoms with Crippen LogP contribution in [0.3, 0.4) is 0 Å². The van der Waals surface area contributed by atoms with Crippen LogP contribution in [0.15, 0.2) is 54.6 Å². The number of carbonyl (C=O) groups is 2. The predicted molar refractivity (Wildman–Crippen MR) is 102 cm³/mol. The Labute approximate surface area is 145 Å². The van der Waals surface area contributed by atoms with Crippen LogP contribution in [0.25, 0.3) is 0 Å². The van der Waals surface area contributed by atoms with Gasteiger partial charge in [0.05, 0.1) is 0 Å². The number of nitrogens with zero attached hydrogens (tertiary/aromatic N) is 1. The van der Waals surface area contributed by atoms with E-state index in [1.807, 2.05) is 87.7 Å². The highest BCUT2D eigenvalue weighted by Gasteiger charge is 1.98. The van der Waals surface area contributed by atoms with Crippen molar-refractivity contribution in [3.8, 4) is 0 Å². The molecule has 2 aromatic carbocycles. The van der Waals surface area contributed by atoms with E-state index in [0.29, 0.717) is 0 Å². The minimum Gasteiger partial charge on any atom is -0.378 e. The zero-order chi connectivity index (χ0) is 18.5. The molecule has 0 heterocycles.